The number of rotatable bonds is 5. The van der Waals surface area contributed by atoms with Crippen molar-refractivity contribution in [1.29, 1.82) is 0 Å². The number of carbonyl (C=O) groups excluding carboxylic acids is 1. The van der Waals surface area contributed by atoms with E-state index in [1.807, 2.05) is 0 Å². The van der Waals surface area contributed by atoms with Gasteiger partial charge in [0.25, 0.3) is 5.69 Å². The second-order valence-electron chi connectivity index (χ2n) is 8.50. The van der Waals surface area contributed by atoms with Crippen LogP contribution in [0, 0.1) is 16.0 Å². The fourth-order valence-electron chi connectivity index (χ4n) is 4.41. The van der Waals surface area contributed by atoms with Crippen LogP contribution < -0.4 is 10.2 Å². The van der Waals surface area contributed by atoms with E-state index in [0.29, 0.717) is 44.7 Å². The third kappa shape index (κ3) is 5.03. The molecule has 2 saturated heterocycles. The number of carbonyl (C=O) groups is 1. The average Bonchev–Trinajstić information content (AvgIpc) is 3.49. The van der Waals surface area contributed by atoms with Crippen molar-refractivity contribution in [2.45, 2.75) is 31.5 Å². The highest BCUT2D eigenvalue weighted by Gasteiger charge is 2.36. The fraction of sp³-hybridized carbons (Fsp3) is 0.650. The molecular formula is C20H26F3N5O3. The molecule has 1 saturated carbocycles. The molecule has 3 aliphatic rings. The van der Waals surface area contributed by atoms with Crippen molar-refractivity contribution in [3.63, 3.8) is 0 Å². The number of hydrogen-bond acceptors (Lipinski definition) is 5. The van der Waals surface area contributed by atoms with Gasteiger partial charge in [-0.15, -0.1) is 0 Å². The monoisotopic (exact) mass is 441 g/mol. The zero-order valence-electron chi connectivity index (χ0n) is 17.1. The first-order valence-corrected chi connectivity index (χ1v) is 10.6. The van der Waals surface area contributed by atoms with Gasteiger partial charge < -0.3 is 20.0 Å². The number of nitrogens with zero attached hydrogens (tertiary/aromatic N) is 4. The minimum Gasteiger partial charge on any atom is -0.362 e. The lowest BCUT2D eigenvalue weighted by atomic mass is 10.1. The van der Waals surface area contributed by atoms with Gasteiger partial charge in [-0.25, -0.2) is 4.79 Å². The highest BCUT2D eigenvalue weighted by Crippen LogP contribution is 2.37. The summed E-state index contributed by atoms with van der Waals surface area (Å²) in [5.41, 5.74) is -1.48. The Hall–Kier alpha value is -2.56. The number of halogens is 3. The Morgan fingerprint density at radius 1 is 1.13 bits per heavy atom. The Morgan fingerprint density at radius 3 is 2.45 bits per heavy atom. The maximum atomic E-state index is 12.9. The zero-order valence-corrected chi connectivity index (χ0v) is 17.1. The molecule has 0 bridgehead atoms. The summed E-state index contributed by atoms with van der Waals surface area (Å²) in [7, 11) is 0. The molecule has 2 aliphatic heterocycles. The Balaban J connectivity index is 1.30. The molecule has 3 fully saturated rings. The lowest BCUT2D eigenvalue weighted by molar-refractivity contribution is -0.384. The topological polar surface area (TPSA) is 82.0 Å². The van der Waals surface area contributed by atoms with Crippen LogP contribution in [0.4, 0.5) is 29.3 Å². The summed E-state index contributed by atoms with van der Waals surface area (Å²) >= 11 is 0. The molecule has 2 amide bonds. The summed E-state index contributed by atoms with van der Waals surface area (Å²) in [6, 6.07) is 3.14. The van der Waals surface area contributed by atoms with Gasteiger partial charge in [0.05, 0.1) is 10.5 Å². The second kappa shape index (κ2) is 8.52. The molecule has 1 aromatic rings. The number of amides is 2. The highest BCUT2D eigenvalue weighted by molar-refractivity contribution is 5.75. The molecular weight excluding hydrogens is 415 g/mol. The molecule has 1 aliphatic carbocycles. The number of anilines is 1. The molecule has 4 rings (SSSR count). The van der Waals surface area contributed by atoms with Crippen molar-refractivity contribution in [2.24, 2.45) is 5.92 Å². The van der Waals surface area contributed by atoms with Gasteiger partial charge in [-0.05, 0) is 43.9 Å². The van der Waals surface area contributed by atoms with Crippen LogP contribution in [0.15, 0.2) is 18.2 Å². The molecule has 2 heterocycles. The van der Waals surface area contributed by atoms with E-state index in [4.69, 9.17) is 0 Å². The third-order valence-electron chi connectivity index (χ3n) is 6.33. The number of nitro benzene ring substituents is 1. The predicted molar refractivity (Wildman–Crippen MR) is 108 cm³/mol. The van der Waals surface area contributed by atoms with Crippen molar-refractivity contribution in [1.82, 2.24) is 15.1 Å². The van der Waals surface area contributed by atoms with Crippen molar-refractivity contribution < 1.29 is 22.9 Å². The lowest BCUT2D eigenvalue weighted by Crippen LogP contribution is -2.52. The summed E-state index contributed by atoms with van der Waals surface area (Å²) in [5, 5.41) is 14.3. The number of piperazine rings is 1. The zero-order chi connectivity index (χ0) is 22.2. The highest BCUT2D eigenvalue weighted by atomic mass is 19.4. The molecule has 0 spiro atoms. The molecule has 0 radical (unpaired) electrons. The van der Waals surface area contributed by atoms with Gasteiger partial charge in [0, 0.05) is 51.4 Å². The summed E-state index contributed by atoms with van der Waals surface area (Å²) in [5.74, 6) is 0.459. The number of urea groups is 1. The van der Waals surface area contributed by atoms with E-state index in [9.17, 15) is 28.1 Å². The minimum atomic E-state index is -4.64. The second-order valence-corrected chi connectivity index (χ2v) is 8.50. The molecule has 170 valence electrons. The summed E-state index contributed by atoms with van der Waals surface area (Å²) in [4.78, 5) is 28.8. The first kappa shape index (κ1) is 21.7. The predicted octanol–water partition coefficient (Wildman–Crippen LogP) is 2.93. The number of alkyl halides is 3. The van der Waals surface area contributed by atoms with Crippen molar-refractivity contribution in [3.8, 4) is 0 Å². The van der Waals surface area contributed by atoms with E-state index in [-0.39, 0.29) is 11.7 Å². The lowest BCUT2D eigenvalue weighted by Gasteiger charge is -2.36. The largest absolute Gasteiger partial charge is 0.416 e. The number of benzene rings is 1. The van der Waals surface area contributed by atoms with E-state index < -0.39 is 22.4 Å². The number of likely N-dealkylation sites (tertiary alicyclic amines) is 1. The molecule has 1 unspecified atom stereocenters. The smallest absolute Gasteiger partial charge is 0.362 e. The Morgan fingerprint density at radius 2 is 1.84 bits per heavy atom. The third-order valence-corrected chi connectivity index (χ3v) is 6.33. The van der Waals surface area contributed by atoms with E-state index in [1.165, 1.54) is 12.8 Å². The molecule has 1 atom stereocenters. The van der Waals surface area contributed by atoms with E-state index >= 15 is 0 Å². The molecule has 31 heavy (non-hydrogen) atoms. The van der Waals surface area contributed by atoms with Crippen molar-refractivity contribution >= 4 is 17.4 Å². The van der Waals surface area contributed by atoms with Crippen LogP contribution in [0.25, 0.3) is 0 Å². The SMILES string of the molecule is O=C(NCC1CCN(C2CC2)C1)N1CCN(c2ccc(C(F)(F)F)cc2[N+](=O)[O-])CC1. The van der Waals surface area contributed by atoms with E-state index in [1.54, 1.807) is 9.80 Å². The molecule has 0 aromatic heterocycles. The van der Waals surface area contributed by atoms with Crippen molar-refractivity contribution in [2.75, 3.05) is 50.7 Å². The van der Waals surface area contributed by atoms with Crippen LogP contribution in [0.2, 0.25) is 0 Å². The van der Waals surface area contributed by atoms with Gasteiger partial charge in [0.2, 0.25) is 0 Å². The van der Waals surface area contributed by atoms with E-state index in [2.05, 4.69) is 10.2 Å². The maximum absolute atomic E-state index is 12.9. The summed E-state index contributed by atoms with van der Waals surface area (Å²) in [6.45, 7) is 4.08. The molecule has 1 N–H and O–H groups in total. The van der Waals surface area contributed by atoms with E-state index in [0.717, 1.165) is 37.7 Å². The van der Waals surface area contributed by atoms with Crippen LogP contribution in [0.3, 0.4) is 0 Å². The minimum absolute atomic E-state index is 0.143. The number of nitro groups is 1. The van der Waals surface area contributed by atoms with Gasteiger partial charge in [-0.2, -0.15) is 13.2 Å². The maximum Gasteiger partial charge on any atom is 0.416 e. The molecule has 1 aromatic carbocycles. The van der Waals surface area contributed by atoms with Crippen LogP contribution in [-0.4, -0.2) is 72.6 Å². The van der Waals surface area contributed by atoms with Crippen LogP contribution >= 0.6 is 0 Å². The van der Waals surface area contributed by atoms with Gasteiger partial charge in [-0.3, -0.25) is 10.1 Å². The van der Waals surface area contributed by atoms with Gasteiger partial charge >= 0.3 is 12.2 Å². The quantitative estimate of drug-likeness (QED) is 0.561. The Kier molecular flexibility index (Phi) is 5.96. The van der Waals surface area contributed by atoms with Crippen LogP contribution in [0.5, 0.6) is 0 Å². The summed E-state index contributed by atoms with van der Waals surface area (Å²) < 4.78 is 38.7. The first-order valence-electron chi connectivity index (χ1n) is 10.6. The number of nitrogens with one attached hydrogen (secondary N) is 1. The van der Waals surface area contributed by atoms with Crippen LogP contribution in [-0.2, 0) is 6.18 Å². The van der Waals surface area contributed by atoms with Crippen molar-refractivity contribution in [3.05, 3.63) is 33.9 Å². The Labute approximate surface area is 178 Å². The van der Waals surface area contributed by atoms with Gasteiger partial charge in [-0.1, -0.05) is 0 Å². The van der Waals surface area contributed by atoms with Gasteiger partial charge in [0.15, 0.2) is 0 Å². The standard InChI is InChI=1S/C20H26F3N5O3/c21-20(22,23)15-1-4-17(18(11-15)28(30)31)25-7-9-26(10-8-25)19(29)24-12-14-5-6-27(13-14)16-2-3-16/h1,4,11,14,16H,2-3,5-10,12-13H2,(H,24,29). The normalized spacial score (nSPS) is 22.6. The summed E-state index contributed by atoms with van der Waals surface area (Å²) in [6.07, 6.45) is -1.00. The number of hydrogen-bond donors (Lipinski definition) is 1. The average molecular weight is 441 g/mol. The Bertz CT molecular complexity index is 838. The first-order chi connectivity index (χ1) is 14.7. The van der Waals surface area contributed by atoms with Crippen LogP contribution in [0.1, 0.15) is 24.8 Å². The molecule has 11 heteroatoms. The molecule has 8 nitrogen and oxygen atoms in total. The van der Waals surface area contributed by atoms with Gasteiger partial charge in [0.1, 0.15) is 5.69 Å². The fourth-order valence-corrected chi connectivity index (χ4v) is 4.41.